The van der Waals surface area contributed by atoms with Crippen molar-refractivity contribution in [2.45, 2.75) is 40.0 Å². The topological polar surface area (TPSA) is 62.1 Å². The molecule has 1 atom stereocenters. The maximum atomic E-state index is 11.3. The summed E-state index contributed by atoms with van der Waals surface area (Å²) < 4.78 is 5.98. The van der Waals surface area contributed by atoms with Crippen LogP contribution in [-0.4, -0.2) is 19.1 Å². The van der Waals surface area contributed by atoms with E-state index >= 15 is 0 Å². The Bertz CT molecular complexity index is 587. The maximum absolute atomic E-state index is 11.3. The van der Waals surface area contributed by atoms with Gasteiger partial charge in [-0.3, -0.25) is 4.79 Å². The van der Waals surface area contributed by atoms with Crippen molar-refractivity contribution in [3.8, 4) is 11.8 Å². The first-order chi connectivity index (χ1) is 10.0. The summed E-state index contributed by atoms with van der Waals surface area (Å²) in [5.74, 6) is 1.39. The van der Waals surface area contributed by atoms with Gasteiger partial charge in [0.2, 0.25) is 5.91 Å². The predicted octanol–water partition coefficient (Wildman–Crippen LogP) is 2.78. The first-order valence-corrected chi connectivity index (χ1v) is 7.43. The molecule has 1 aromatic carbocycles. The van der Waals surface area contributed by atoms with Crippen LogP contribution in [0.5, 0.6) is 5.75 Å². The first-order valence-electron chi connectivity index (χ1n) is 7.43. The molecule has 1 aliphatic rings. The van der Waals surface area contributed by atoms with Crippen LogP contribution in [0.3, 0.4) is 0 Å². The maximum Gasteiger partial charge on any atom is 0.220 e. The van der Waals surface area contributed by atoms with E-state index in [2.05, 4.69) is 11.4 Å². The first kappa shape index (κ1) is 15.4. The average molecular weight is 286 g/mol. The SMILES string of the molecule is Cc1cc(OCC2CCNC(=O)CC2)c(C)c(C)c1C#N. The third-order valence-corrected chi connectivity index (χ3v) is 4.29. The van der Waals surface area contributed by atoms with Crippen LogP contribution >= 0.6 is 0 Å². The molecule has 1 aliphatic heterocycles. The molecule has 1 fully saturated rings. The smallest absolute Gasteiger partial charge is 0.220 e. The Morgan fingerprint density at radius 3 is 2.81 bits per heavy atom. The highest BCUT2D eigenvalue weighted by Crippen LogP contribution is 2.28. The van der Waals surface area contributed by atoms with E-state index in [1.807, 2.05) is 26.8 Å². The van der Waals surface area contributed by atoms with Crippen LogP contribution in [-0.2, 0) is 4.79 Å². The molecule has 1 aromatic rings. The lowest BCUT2D eigenvalue weighted by Crippen LogP contribution is -2.21. The normalized spacial score (nSPS) is 18.6. The van der Waals surface area contributed by atoms with Crippen LogP contribution in [0.15, 0.2) is 6.07 Å². The zero-order valence-electron chi connectivity index (χ0n) is 13.0. The number of hydrogen-bond donors (Lipinski definition) is 1. The van der Waals surface area contributed by atoms with E-state index in [1.165, 1.54) is 0 Å². The summed E-state index contributed by atoms with van der Waals surface area (Å²) in [4.78, 5) is 11.3. The van der Waals surface area contributed by atoms with Gasteiger partial charge >= 0.3 is 0 Å². The Morgan fingerprint density at radius 2 is 2.10 bits per heavy atom. The van der Waals surface area contributed by atoms with E-state index < -0.39 is 0 Å². The Kier molecular flexibility index (Phi) is 4.85. The quantitative estimate of drug-likeness (QED) is 0.929. The monoisotopic (exact) mass is 286 g/mol. The standard InChI is InChI=1S/C17H22N2O2/c1-11-8-16(13(3)12(2)15(11)9-18)21-10-14-4-5-17(20)19-7-6-14/h8,14H,4-7,10H2,1-3H3,(H,19,20). The highest BCUT2D eigenvalue weighted by atomic mass is 16.5. The minimum Gasteiger partial charge on any atom is -0.493 e. The number of hydrogen-bond acceptors (Lipinski definition) is 3. The highest BCUT2D eigenvalue weighted by molar-refractivity contribution is 5.76. The molecule has 2 rings (SSSR count). The predicted molar refractivity (Wildman–Crippen MR) is 81.2 cm³/mol. The summed E-state index contributed by atoms with van der Waals surface area (Å²) in [7, 11) is 0. The van der Waals surface area contributed by atoms with E-state index in [4.69, 9.17) is 4.74 Å². The third-order valence-electron chi connectivity index (χ3n) is 4.29. The van der Waals surface area contributed by atoms with Crippen LogP contribution in [0, 0.1) is 38.0 Å². The van der Waals surface area contributed by atoms with Gasteiger partial charge in [0.15, 0.2) is 0 Å². The fourth-order valence-electron chi connectivity index (χ4n) is 2.73. The lowest BCUT2D eigenvalue weighted by atomic mass is 9.98. The summed E-state index contributed by atoms with van der Waals surface area (Å²) in [6, 6.07) is 4.19. The van der Waals surface area contributed by atoms with E-state index in [9.17, 15) is 10.1 Å². The number of ether oxygens (including phenoxy) is 1. The largest absolute Gasteiger partial charge is 0.493 e. The molecule has 1 heterocycles. The van der Waals surface area contributed by atoms with E-state index in [0.717, 1.165) is 47.4 Å². The van der Waals surface area contributed by atoms with Crippen molar-refractivity contribution in [3.05, 3.63) is 28.3 Å². The fourth-order valence-corrected chi connectivity index (χ4v) is 2.73. The molecule has 1 N–H and O–H groups in total. The van der Waals surface area contributed by atoms with E-state index in [0.29, 0.717) is 18.9 Å². The van der Waals surface area contributed by atoms with E-state index in [1.54, 1.807) is 0 Å². The minimum atomic E-state index is 0.138. The molecular weight excluding hydrogens is 264 g/mol. The lowest BCUT2D eigenvalue weighted by molar-refractivity contribution is -0.120. The number of nitriles is 1. The Labute approximate surface area is 126 Å². The number of aryl methyl sites for hydroxylation is 1. The van der Waals surface area contributed by atoms with Gasteiger partial charge in [-0.25, -0.2) is 0 Å². The number of nitrogens with zero attached hydrogens (tertiary/aromatic N) is 1. The molecule has 0 saturated carbocycles. The van der Waals surface area contributed by atoms with Gasteiger partial charge in [-0.2, -0.15) is 5.26 Å². The van der Waals surface area contributed by atoms with Crippen LogP contribution in [0.2, 0.25) is 0 Å². The van der Waals surface area contributed by atoms with Crippen molar-refractivity contribution in [1.82, 2.24) is 5.32 Å². The fraction of sp³-hybridized carbons (Fsp3) is 0.529. The zero-order valence-corrected chi connectivity index (χ0v) is 13.0. The van der Waals surface area contributed by atoms with Crippen molar-refractivity contribution < 1.29 is 9.53 Å². The number of amides is 1. The molecule has 1 unspecified atom stereocenters. The minimum absolute atomic E-state index is 0.138. The molecule has 112 valence electrons. The van der Waals surface area contributed by atoms with Gasteiger partial charge in [-0.15, -0.1) is 0 Å². The van der Waals surface area contributed by atoms with Crippen LogP contribution in [0.25, 0.3) is 0 Å². The lowest BCUT2D eigenvalue weighted by Gasteiger charge is -2.18. The summed E-state index contributed by atoms with van der Waals surface area (Å²) in [5, 5.41) is 12.1. The van der Waals surface area contributed by atoms with Gasteiger partial charge in [0.1, 0.15) is 5.75 Å². The van der Waals surface area contributed by atoms with Gasteiger partial charge in [0, 0.05) is 13.0 Å². The second kappa shape index (κ2) is 6.62. The third kappa shape index (κ3) is 3.55. The summed E-state index contributed by atoms with van der Waals surface area (Å²) >= 11 is 0. The highest BCUT2D eigenvalue weighted by Gasteiger charge is 2.18. The van der Waals surface area contributed by atoms with Crippen molar-refractivity contribution in [2.75, 3.05) is 13.2 Å². The molecule has 21 heavy (non-hydrogen) atoms. The zero-order chi connectivity index (χ0) is 15.4. The molecule has 4 heteroatoms. The molecular formula is C17H22N2O2. The number of rotatable bonds is 3. The molecule has 0 aliphatic carbocycles. The van der Waals surface area contributed by atoms with Crippen molar-refractivity contribution in [3.63, 3.8) is 0 Å². The Hall–Kier alpha value is -2.02. The van der Waals surface area contributed by atoms with Gasteiger partial charge in [-0.1, -0.05) is 0 Å². The second-order valence-electron chi connectivity index (χ2n) is 5.78. The van der Waals surface area contributed by atoms with Crippen LogP contribution in [0.4, 0.5) is 0 Å². The second-order valence-corrected chi connectivity index (χ2v) is 5.78. The Morgan fingerprint density at radius 1 is 1.33 bits per heavy atom. The van der Waals surface area contributed by atoms with Crippen molar-refractivity contribution in [1.29, 1.82) is 5.26 Å². The van der Waals surface area contributed by atoms with Crippen molar-refractivity contribution >= 4 is 5.91 Å². The van der Waals surface area contributed by atoms with Crippen LogP contribution in [0.1, 0.15) is 41.5 Å². The average Bonchev–Trinajstić information content (AvgIpc) is 2.66. The molecule has 0 aromatic heterocycles. The van der Waals surface area contributed by atoms with Gasteiger partial charge in [-0.05, 0) is 62.3 Å². The molecule has 1 saturated heterocycles. The van der Waals surface area contributed by atoms with Crippen molar-refractivity contribution in [2.24, 2.45) is 5.92 Å². The molecule has 0 radical (unpaired) electrons. The Balaban J connectivity index is 2.07. The van der Waals surface area contributed by atoms with E-state index in [-0.39, 0.29) is 5.91 Å². The van der Waals surface area contributed by atoms with Crippen LogP contribution < -0.4 is 10.1 Å². The summed E-state index contributed by atoms with van der Waals surface area (Å²) in [6.45, 7) is 7.25. The number of carbonyl (C=O) groups excluding carboxylic acids is 1. The summed E-state index contributed by atoms with van der Waals surface area (Å²) in [6.07, 6.45) is 2.41. The van der Waals surface area contributed by atoms with Gasteiger partial charge in [0.05, 0.1) is 18.2 Å². The van der Waals surface area contributed by atoms with Gasteiger partial charge < -0.3 is 10.1 Å². The molecule has 4 nitrogen and oxygen atoms in total. The number of nitrogens with one attached hydrogen (secondary N) is 1. The molecule has 0 bridgehead atoms. The summed E-state index contributed by atoms with van der Waals surface area (Å²) in [5.41, 5.74) is 3.71. The molecule has 0 spiro atoms. The number of benzene rings is 1. The van der Waals surface area contributed by atoms with Gasteiger partial charge in [0.25, 0.3) is 0 Å². The number of carbonyl (C=O) groups is 1. The molecule has 1 amide bonds.